The summed E-state index contributed by atoms with van der Waals surface area (Å²) in [5.74, 6) is 0.519. The highest BCUT2D eigenvalue weighted by molar-refractivity contribution is 5.49. The lowest BCUT2D eigenvalue weighted by atomic mass is 10.2. The molecule has 0 amide bonds. The fourth-order valence-corrected chi connectivity index (χ4v) is 1.41. The van der Waals surface area contributed by atoms with Crippen LogP contribution in [0.5, 0.6) is 0 Å². The summed E-state index contributed by atoms with van der Waals surface area (Å²) >= 11 is 0. The Hall–Kier alpha value is -1.69. The number of nitrogens with zero attached hydrogens (tertiary/aromatic N) is 2. The van der Waals surface area contributed by atoms with Crippen molar-refractivity contribution in [2.24, 2.45) is 0 Å². The molecule has 0 aliphatic rings. The Kier molecular flexibility index (Phi) is 4.84. The van der Waals surface area contributed by atoms with Crippen molar-refractivity contribution >= 4 is 11.5 Å². The van der Waals surface area contributed by atoms with Crippen LogP contribution in [0.15, 0.2) is 12.3 Å². The molecule has 0 aromatic carbocycles. The third kappa shape index (κ3) is 3.99. The van der Waals surface area contributed by atoms with Gasteiger partial charge in [-0.2, -0.15) is 0 Å². The number of hydrogen-bond donors (Lipinski definition) is 1. The molecule has 1 N–H and O–H groups in total. The molecule has 0 aliphatic heterocycles. The van der Waals surface area contributed by atoms with Gasteiger partial charge in [-0.3, -0.25) is 10.1 Å². The molecule has 0 saturated heterocycles. The number of rotatable bonds is 6. The van der Waals surface area contributed by atoms with Gasteiger partial charge in [0.1, 0.15) is 5.82 Å². The standard InChI is InChI=1S/C11H17N3O3/c1-8-7-12-11(6-10(8)14(15)16)13-9(2)4-5-17-3/h6-7,9H,4-5H2,1-3H3,(H,12,13). The van der Waals surface area contributed by atoms with Crippen LogP contribution in [0.1, 0.15) is 18.9 Å². The summed E-state index contributed by atoms with van der Waals surface area (Å²) in [6.07, 6.45) is 2.32. The van der Waals surface area contributed by atoms with Gasteiger partial charge in [0.25, 0.3) is 5.69 Å². The summed E-state index contributed by atoms with van der Waals surface area (Å²) in [5.41, 5.74) is 0.645. The number of aromatic nitrogens is 1. The number of nitro groups is 1. The molecular formula is C11H17N3O3. The van der Waals surface area contributed by atoms with Crippen LogP contribution in [0, 0.1) is 17.0 Å². The smallest absolute Gasteiger partial charge is 0.277 e. The average Bonchev–Trinajstić information content (AvgIpc) is 2.28. The molecule has 1 aromatic heterocycles. The van der Waals surface area contributed by atoms with Gasteiger partial charge in [0.15, 0.2) is 0 Å². The van der Waals surface area contributed by atoms with Crippen LogP contribution in [-0.4, -0.2) is 29.7 Å². The van der Waals surface area contributed by atoms with Crippen molar-refractivity contribution in [1.29, 1.82) is 0 Å². The molecule has 17 heavy (non-hydrogen) atoms. The van der Waals surface area contributed by atoms with E-state index in [0.717, 1.165) is 6.42 Å². The summed E-state index contributed by atoms with van der Waals surface area (Å²) in [6.45, 7) is 4.29. The maximum Gasteiger partial charge on any atom is 0.277 e. The first-order valence-corrected chi connectivity index (χ1v) is 5.41. The van der Waals surface area contributed by atoms with Crippen LogP contribution in [-0.2, 0) is 4.74 Å². The van der Waals surface area contributed by atoms with Gasteiger partial charge in [-0.15, -0.1) is 0 Å². The number of methoxy groups -OCH3 is 1. The maximum absolute atomic E-state index is 10.8. The van der Waals surface area contributed by atoms with E-state index in [4.69, 9.17) is 4.74 Å². The lowest BCUT2D eigenvalue weighted by Gasteiger charge is -2.13. The van der Waals surface area contributed by atoms with Gasteiger partial charge in [-0.1, -0.05) is 0 Å². The fourth-order valence-electron chi connectivity index (χ4n) is 1.41. The molecule has 6 nitrogen and oxygen atoms in total. The number of ether oxygens (including phenoxy) is 1. The molecule has 94 valence electrons. The highest BCUT2D eigenvalue weighted by atomic mass is 16.6. The molecular weight excluding hydrogens is 222 g/mol. The molecule has 0 fully saturated rings. The number of aryl methyl sites for hydroxylation is 1. The molecule has 0 saturated carbocycles. The second kappa shape index (κ2) is 6.15. The Bertz CT molecular complexity index is 396. The predicted molar refractivity (Wildman–Crippen MR) is 65.2 cm³/mol. The van der Waals surface area contributed by atoms with Gasteiger partial charge in [-0.05, 0) is 20.3 Å². The summed E-state index contributed by atoms with van der Waals surface area (Å²) < 4.78 is 4.96. The minimum absolute atomic E-state index is 0.0847. The second-order valence-electron chi connectivity index (χ2n) is 3.94. The van der Waals surface area contributed by atoms with Gasteiger partial charge in [0, 0.05) is 31.5 Å². The normalized spacial score (nSPS) is 12.2. The second-order valence-corrected chi connectivity index (χ2v) is 3.94. The van der Waals surface area contributed by atoms with E-state index in [-0.39, 0.29) is 11.7 Å². The van der Waals surface area contributed by atoms with E-state index >= 15 is 0 Å². The highest BCUT2D eigenvalue weighted by Crippen LogP contribution is 2.20. The average molecular weight is 239 g/mol. The zero-order chi connectivity index (χ0) is 12.8. The van der Waals surface area contributed by atoms with Crippen LogP contribution in [0.4, 0.5) is 11.5 Å². The van der Waals surface area contributed by atoms with E-state index in [1.54, 1.807) is 14.0 Å². The van der Waals surface area contributed by atoms with Crippen LogP contribution < -0.4 is 5.32 Å². The van der Waals surface area contributed by atoms with Crippen LogP contribution in [0.2, 0.25) is 0 Å². The Labute approximate surface area is 100 Å². The van der Waals surface area contributed by atoms with Gasteiger partial charge < -0.3 is 10.1 Å². The van der Waals surface area contributed by atoms with Crippen molar-refractivity contribution in [3.8, 4) is 0 Å². The molecule has 0 aliphatic carbocycles. The van der Waals surface area contributed by atoms with E-state index < -0.39 is 4.92 Å². The van der Waals surface area contributed by atoms with Gasteiger partial charge in [0.2, 0.25) is 0 Å². The number of anilines is 1. The summed E-state index contributed by atoms with van der Waals surface area (Å²) in [4.78, 5) is 14.5. The van der Waals surface area contributed by atoms with E-state index in [9.17, 15) is 10.1 Å². The first-order valence-electron chi connectivity index (χ1n) is 5.41. The molecule has 1 heterocycles. The number of pyridine rings is 1. The monoisotopic (exact) mass is 239 g/mol. The van der Waals surface area contributed by atoms with Crippen molar-refractivity contribution in [3.05, 3.63) is 27.9 Å². The molecule has 1 atom stereocenters. The van der Waals surface area contributed by atoms with Gasteiger partial charge in [-0.25, -0.2) is 4.98 Å². The molecule has 0 bridgehead atoms. The summed E-state index contributed by atoms with van der Waals surface area (Å²) in [6, 6.07) is 1.61. The Morgan fingerprint density at radius 2 is 2.35 bits per heavy atom. The maximum atomic E-state index is 10.8. The van der Waals surface area contributed by atoms with Crippen molar-refractivity contribution in [2.75, 3.05) is 19.0 Å². The highest BCUT2D eigenvalue weighted by Gasteiger charge is 2.13. The summed E-state index contributed by atoms with van der Waals surface area (Å²) in [5, 5.41) is 13.9. The Morgan fingerprint density at radius 1 is 1.65 bits per heavy atom. The third-order valence-corrected chi connectivity index (χ3v) is 2.42. The first-order chi connectivity index (χ1) is 8.04. The molecule has 0 spiro atoms. The van der Waals surface area contributed by atoms with E-state index in [1.165, 1.54) is 12.3 Å². The summed E-state index contributed by atoms with van der Waals surface area (Å²) in [7, 11) is 1.64. The van der Waals surface area contributed by atoms with Gasteiger partial charge >= 0.3 is 0 Å². The molecule has 1 unspecified atom stereocenters. The van der Waals surface area contributed by atoms with Crippen molar-refractivity contribution in [2.45, 2.75) is 26.3 Å². The number of hydrogen-bond acceptors (Lipinski definition) is 5. The quantitative estimate of drug-likeness (QED) is 0.607. The van der Waals surface area contributed by atoms with E-state index in [0.29, 0.717) is 18.0 Å². The van der Waals surface area contributed by atoms with Crippen molar-refractivity contribution in [3.63, 3.8) is 0 Å². The Morgan fingerprint density at radius 3 is 2.94 bits per heavy atom. The van der Waals surface area contributed by atoms with Crippen LogP contribution in [0.25, 0.3) is 0 Å². The lowest BCUT2D eigenvalue weighted by molar-refractivity contribution is -0.385. The van der Waals surface area contributed by atoms with Crippen LogP contribution in [0.3, 0.4) is 0 Å². The number of nitrogens with one attached hydrogen (secondary N) is 1. The van der Waals surface area contributed by atoms with Gasteiger partial charge in [0.05, 0.1) is 11.0 Å². The zero-order valence-electron chi connectivity index (χ0n) is 10.3. The molecule has 0 radical (unpaired) electrons. The Balaban J connectivity index is 2.72. The fraction of sp³-hybridized carbons (Fsp3) is 0.545. The van der Waals surface area contributed by atoms with E-state index in [1.807, 2.05) is 6.92 Å². The zero-order valence-corrected chi connectivity index (χ0v) is 10.3. The van der Waals surface area contributed by atoms with Crippen LogP contribution >= 0.6 is 0 Å². The molecule has 1 rings (SSSR count). The predicted octanol–water partition coefficient (Wildman–Crippen LogP) is 2.14. The molecule has 6 heteroatoms. The van der Waals surface area contributed by atoms with E-state index in [2.05, 4.69) is 10.3 Å². The SMILES string of the molecule is COCCC(C)Nc1cc([N+](=O)[O-])c(C)cn1. The first kappa shape index (κ1) is 13.4. The lowest BCUT2D eigenvalue weighted by Crippen LogP contribution is -2.18. The van der Waals surface area contributed by atoms with Crippen molar-refractivity contribution < 1.29 is 9.66 Å². The minimum Gasteiger partial charge on any atom is -0.385 e. The van der Waals surface area contributed by atoms with Crippen molar-refractivity contribution in [1.82, 2.24) is 4.98 Å². The third-order valence-electron chi connectivity index (χ3n) is 2.42. The molecule has 1 aromatic rings. The topological polar surface area (TPSA) is 77.3 Å². The minimum atomic E-state index is -0.401. The largest absolute Gasteiger partial charge is 0.385 e.